The van der Waals surface area contributed by atoms with E-state index in [1.807, 2.05) is 0 Å². The van der Waals surface area contributed by atoms with Crippen LogP contribution in [0.1, 0.15) is 36.2 Å². The third-order valence-corrected chi connectivity index (χ3v) is 2.86. The van der Waals surface area contributed by atoms with Crippen LogP contribution in [0.3, 0.4) is 0 Å². The summed E-state index contributed by atoms with van der Waals surface area (Å²) in [6.07, 6.45) is 5.41. The number of nitrogens with one attached hydrogen (secondary N) is 1. The summed E-state index contributed by atoms with van der Waals surface area (Å²) in [5.41, 5.74) is 1.02. The lowest BCUT2D eigenvalue weighted by Gasteiger charge is -2.04. The molecule has 0 saturated heterocycles. The van der Waals surface area contributed by atoms with Gasteiger partial charge in [0.2, 0.25) is 0 Å². The average molecular weight is 276 g/mol. The van der Waals surface area contributed by atoms with Gasteiger partial charge in [-0.25, -0.2) is 9.50 Å². The Morgan fingerprint density at radius 1 is 1.30 bits per heavy atom. The largest absolute Gasteiger partial charge is 0.481 e. The molecule has 0 saturated carbocycles. The highest BCUT2D eigenvalue weighted by molar-refractivity contribution is 5.93. The number of aromatic nitrogens is 3. The second-order valence-electron chi connectivity index (χ2n) is 4.40. The number of hydrogen-bond acceptors (Lipinski definition) is 4. The molecule has 0 fully saturated rings. The number of carbonyl (C=O) groups is 2. The molecule has 0 spiro atoms. The molecule has 106 valence electrons. The van der Waals surface area contributed by atoms with E-state index in [-0.39, 0.29) is 12.3 Å². The van der Waals surface area contributed by atoms with Crippen LogP contribution >= 0.6 is 0 Å². The topological polar surface area (TPSA) is 96.6 Å². The number of carbonyl (C=O) groups excluding carboxylic acids is 1. The van der Waals surface area contributed by atoms with Crippen molar-refractivity contribution in [2.75, 3.05) is 6.54 Å². The highest BCUT2D eigenvalue weighted by Crippen LogP contribution is 2.04. The molecule has 0 bridgehead atoms. The molecule has 7 nitrogen and oxygen atoms in total. The number of fused-ring (bicyclic) bond motifs is 1. The predicted molar refractivity (Wildman–Crippen MR) is 71.4 cm³/mol. The molecule has 0 atom stereocenters. The average Bonchev–Trinajstić information content (AvgIpc) is 2.86. The van der Waals surface area contributed by atoms with Crippen LogP contribution in [0.15, 0.2) is 24.5 Å². The van der Waals surface area contributed by atoms with Crippen molar-refractivity contribution in [2.45, 2.75) is 25.7 Å². The molecule has 0 unspecified atom stereocenters. The number of carboxylic acid groups (broad SMARTS) is 1. The Labute approximate surface area is 115 Å². The van der Waals surface area contributed by atoms with E-state index < -0.39 is 5.97 Å². The number of carboxylic acids is 1. The molecule has 2 N–H and O–H groups in total. The molecular formula is C13H16N4O3. The number of nitrogens with zero attached hydrogens (tertiary/aromatic N) is 3. The zero-order valence-corrected chi connectivity index (χ0v) is 11.0. The van der Waals surface area contributed by atoms with E-state index in [9.17, 15) is 9.59 Å². The molecule has 2 aromatic rings. The first-order valence-corrected chi connectivity index (χ1v) is 6.47. The summed E-state index contributed by atoms with van der Waals surface area (Å²) < 4.78 is 1.49. The van der Waals surface area contributed by atoms with E-state index in [4.69, 9.17) is 5.11 Å². The Kier molecular flexibility index (Phi) is 4.65. The highest BCUT2D eigenvalue weighted by Gasteiger charge is 2.11. The van der Waals surface area contributed by atoms with Crippen molar-refractivity contribution < 1.29 is 14.7 Å². The summed E-state index contributed by atoms with van der Waals surface area (Å²) in [6, 6.07) is 3.53. The molecule has 0 aromatic carbocycles. The lowest BCUT2D eigenvalue weighted by molar-refractivity contribution is -0.137. The Morgan fingerprint density at radius 2 is 2.15 bits per heavy atom. The van der Waals surface area contributed by atoms with E-state index in [1.54, 1.807) is 18.3 Å². The summed E-state index contributed by atoms with van der Waals surface area (Å²) in [5, 5.41) is 15.3. The number of imidazole rings is 1. The van der Waals surface area contributed by atoms with Gasteiger partial charge in [0.05, 0.1) is 6.20 Å². The third-order valence-electron chi connectivity index (χ3n) is 2.86. The van der Waals surface area contributed by atoms with Crippen molar-refractivity contribution >= 4 is 17.5 Å². The molecule has 0 aliphatic rings. The van der Waals surface area contributed by atoms with Crippen LogP contribution < -0.4 is 5.32 Å². The third kappa shape index (κ3) is 3.53. The Morgan fingerprint density at radius 3 is 2.95 bits per heavy atom. The van der Waals surface area contributed by atoms with Gasteiger partial charge in [0.25, 0.3) is 5.91 Å². The summed E-state index contributed by atoms with van der Waals surface area (Å²) in [7, 11) is 0. The molecule has 2 aromatic heterocycles. The standard InChI is InChI=1S/C13H16N4O3/c18-12(19)6-2-1-3-7-14-13(20)10-9-15-11-5-4-8-16-17(10)11/h4-5,8-9H,1-3,6-7H2,(H,14,20)(H,18,19). The maximum Gasteiger partial charge on any atom is 0.303 e. The van der Waals surface area contributed by atoms with Crippen molar-refractivity contribution in [3.63, 3.8) is 0 Å². The fourth-order valence-corrected chi connectivity index (χ4v) is 1.85. The first-order valence-electron chi connectivity index (χ1n) is 6.47. The molecule has 2 rings (SSSR count). The minimum atomic E-state index is -0.786. The summed E-state index contributed by atoms with van der Waals surface area (Å²) >= 11 is 0. The van der Waals surface area contributed by atoms with Gasteiger partial charge in [-0.3, -0.25) is 9.59 Å². The predicted octanol–water partition coefficient (Wildman–Crippen LogP) is 1.10. The van der Waals surface area contributed by atoms with Gasteiger partial charge in [0, 0.05) is 19.2 Å². The van der Waals surface area contributed by atoms with E-state index in [2.05, 4.69) is 15.4 Å². The van der Waals surface area contributed by atoms with Crippen molar-refractivity contribution in [1.29, 1.82) is 0 Å². The van der Waals surface area contributed by atoms with E-state index in [0.29, 0.717) is 24.3 Å². The Balaban J connectivity index is 1.79. The maximum absolute atomic E-state index is 12.0. The van der Waals surface area contributed by atoms with E-state index in [1.165, 1.54) is 10.7 Å². The molecule has 0 radical (unpaired) electrons. The van der Waals surface area contributed by atoms with E-state index in [0.717, 1.165) is 12.8 Å². The van der Waals surface area contributed by atoms with E-state index >= 15 is 0 Å². The van der Waals surface area contributed by atoms with Crippen LogP contribution in [-0.4, -0.2) is 38.1 Å². The van der Waals surface area contributed by atoms with Crippen LogP contribution in [-0.2, 0) is 4.79 Å². The first-order chi connectivity index (χ1) is 9.68. The van der Waals surface area contributed by atoms with Gasteiger partial charge in [-0.05, 0) is 25.0 Å². The zero-order chi connectivity index (χ0) is 14.4. The van der Waals surface area contributed by atoms with Crippen LogP contribution in [0.25, 0.3) is 5.65 Å². The highest BCUT2D eigenvalue weighted by atomic mass is 16.4. The fraction of sp³-hybridized carbons (Fsp3) is 0.385. The minimum Gasteiger partial charge on any atom is -0.481 e. The smallest absolute Gasteiger partial charge is 0.303 e. The van der Waals surface area contributed by atoms with Crippen molar-refractivity contribution in [1.82, 2.24) is 19.9 Å². The summed E-state index contributed by atoms with van der Waals surface area (Å²) in [4.78, 5) is 26.4. The zero-order valence-electron chi connectivity index (χ0n) is 11.0. The number of amides is 1. The molecule has 20 heavy (non-hydrogen) atoms. The molecular weight excluding hydrogens is 260 g/mol. The van der Waals surface area contributed by atoms with Crippen molar-refractivity contribution in [3.05, 3.63) is 30.2 Å². The van der Waals surface area contributed by atoms with Gasteiger partial charge in [-0.1, -0.05) is 6.42 Å². The van der Waals surface area contributed by atoms with Gasteiger partial charge in [-0.15, -0.1) is 0 Å². The Bertz CT molecular complexity index is 608. The SMILES string of the molecule is O=C(O)CCCCCNC(=O)c1cnc2cccnn12. The molecule has 1 amide bonds. The van der Waals surface area contributed by atoms with Crippen LogP contribution in [0.5, 0.6) is 0 Å². The molecule has 0 aliphatic heterocycles. The maximum atomic E-state index is 12.0. The molecule has 7 heteroatoms. The second-order valence-corrected chi connectivity index (χ2v) is 4.40. The molecule has 0 aliphatic carbocycles. The lowest BCUT2D eigenvalue weighted by atomic mass is 10.2. The normalized spacial score (nSPS) is 10.6. The van der Waals surface area contributed by atoms with Gasteiger partial charge in [0.1, 0.15) is 5.69 Å². The monoisotopic (exact) mass is 276 g/mol. The Hall–Kier alpha value is -2.44. The van der Waals surface area contributed by atoms with Crippen LogP contribution in [0.4, 0.5) is 0 Å². The number of aliphatic carboxylic acids is 1. The number of unbranched alkanes of at least 4 members (excludes halogenated alkanes) is 2. The second kappa shape index (κ2) is 6.65. The number of rotatable bonds is 7. The summed E-state index contributed by atoms with van der Waals surface area (Å²) in [5.74, 6) is -1.01. The first kappa shape index (κ1) is 14.0. The number of hydrogen-bond donors (Lipinski definition) is 2. The van der Waals surface area contributed by atoms with Gasteiger partial charge < -0.3 is 10.4 Å². The lowest BCUT2D eigenvalue weighted by Crippen LogP contribution is -2.26. The van der Waals surface area contributed by atoms with Crippen LogP contribution in [0.2, 0.25) is 0 Å². The van der Waals surface area contributed by atoms with Gasteiger partial charge in [0.15, 0.2) is 5.65 Å². The molecule has 2 heterocycles. The quantitative estimate of drug-likeness (QED) is 0.738. The van der Waals surface area contributed by atoms with Gasteiger partial charge in [-0.2, -0.15) is 5.10 Å². The van der Waals surface area contributed by atoms with Gasteiger partial charge >= 0.3 is 5.97 Å². The fourth-order valence-electron chi connectivity index (χ4n) is 1.85. The van der Waals surface area contributed by atoms with Crippen molar-refractivity contribution in [3.8, 4) is 0 Å². The van der Waals surface area contributed by atoms with Crippen molar-refractivity contribution in [2.24, 2.45) is 0 Å². The summed E-state index contributed by atoms with van der Waals surface area (Å²) in [6.45, 7) is 0.512. The minimum absolute atomic E-state index is 0.172. The van der Waals surface area contributed by atoms with Crippen LogP contribution in [0, 0.1) is 0 Å².